The van der Waals surface area contributed by atoms with E-state index in [1.54, 1.807) is 12.1 Å². The van der Waals surface area contributed by atoms with Crippen molar-refractivity contribution < 1.29 is 4.79 Å². The molecular weight excluding hydrogens is 288 g/mol. The predicted octanol–water partition coefficient (Wildman–Crippen LogP) is 1.94. The molecule has 1 saturated heterocycles. The number of piperidine rings is 1. The van der Waals surface area contributed by atoms with Crippen LogP contribution in [0.5, 0.6) is 0 Å². The second kappa shape index (κ2) is 6.54. The molecule has 0 aliphatic carbocycles. The number of nitrogens with zero attached hydrogens (tertiary/aromatic N) is 2. The number of rotatable bonds is 4. The monoisotopic (exact) mass is 310 g/mol. The molecule has 21 heavy (non-hydrogen) atoms. The highest BCUT2D eigenvalue weighted by molar-refractivity contribution is 6.34. The van der Waals surface area contributed by atoms with Crippen LogP contribution in [0.25, 0.3) is 0 Å². The largest absolute Gasteiger partial charge is 0.399 e. The van der Waals surface area contributed by atoms with Crippen LogP contribution in [0.3, 0.4) is 0 Å². The zero-order chi connectivity index (χ0) is 15.6. The van der Waals surface area contributed by atoms with Crippen molar-refractivity contribution in [2.75, 3.05) is 37.3 Å². The fraction of sp³-hybridized carbons (Fsp3) is 0.533. The number of carbonyl (C=O) groups excluding carboxylic acids is 1. The predicted molar refractivity (Wildman–Crippen MR) is 87.9 cm³/mol. The highest BCUT2D eigenvalue weighted by Gasteiger charge is 2.26. The minimum Gasteiger partial charge on any atom is -0.399 e. The summed E-state index contributed by atoms with van der Waals surface area (Å²) in [5.74, 6) is -0.503. The Hall–Kier alpha value is -1.46. The molecule has 0 radical (unpaired) electrons. The molecule has 0 bridgehead atoms. The number of nitrogen functional groups attached to an aromatic ring is 1. The van der Waals surface area contributed by atoms with Gasteiger partial charge in [-0.1, -0.05) is 18.5 Å². The highest BCUT2D eigenvalue weighted by Crippen LogP contribution is 2.34. The molecule has 0 aromatic heterocycles. The van der Waals surface area contributed by atoms with Crippen molar-refractivity contribution in [2.24, 2.45) is 5.73 Å². The first-order chi connectivity index (χ1) is 9.93. The number of anilines is 2. The summed E-state index contributed by atoms with van der Waals surface area (Å²) in [5.41, 5.74) is 12.8. The number of halogens is 1. The van der Waals surface area contributed by atoms with Crippen molar-refractivity contribution in [3.05, 3.63) is 22.7 Å². The number of primary amides is 1. The molecule has 0 unspecified atom stereocenters. The lowest BCUT2D eigenvalue weighted by Gasteiger charge is -2.38. The third-order valence-electron chi connectivity index (χ3n) is 4.26. The Morgan fingerprint density at radius 1 is 1.43 bits per heavy atom. The third-order valence-corrected chi connectivity index (χ3v) is 4.54. The van der Waals surface area contributed by atoms with Gasteiger partial charge in [-0.25, -0.2) is 0 Å². The van der Waals surface area contributed by atoms with Crippen molar-refractivity contribution in [3.63, 3.8) is 0 Å². The van der Waals surface area contributed by atoms with Crippen molar-refractivity contribution in [1.82, 2.24) is 4.90 Å². The van der Waals surface area contributed by atoms with Crippen LogP contribution in [0, 0.1) is 0 Å². The molecule has 116 valence electrons. The van der Waals surface area contributed by atoms with Crippen LogP contribution >= 0.6 is 11.6 Å². The zero-order valence-electron chi connectivity index (χ0n) is 12.6. The molecule has 1 aliphatic rings. The molecule has 5 nitrogen and oxygen atoms in total. The lowest BCUT2D eigenvalue weighted by atomic mass is 10.0. The Balaban J connectivity index is 2.27. The van der Waals surface area contributed by atoms with E-state index in [1.807, 2.05) is 7.05 Å². The van der Waals surface area contributed by atoms with Gasteiger partial charge in [-0.3, -0.25) is 4.79 Å². The fourth-order valence-corrected chi connectivity index (χ4v) is 3.33. The van der Waals surface area contributed by atoms with Gasteiger partial charge in [0.2, 0.25) is 0 Å². The average Bonchev–Trinajstić information content (AvgIpc) is 2.46. The lowest BCUT2D eigenvalue weighted by molar-refractivity contribution is 0.100. The Kier molecular flexibility index (Phi) is 4.96. The summed E-state index contributed by atoms with van der Waals surface area (Å²) >= 11 is 6.31. The van der Waals surface area contributed by atoms with Crippen LogP contribution in [-0.2, 0) is 0 Å². The van der Waals surface area contributed by atoms with Crippen molar-refractivity contribution >= 4 is 28.9 Å². The smallest absolute Gasteiger partial charge is 0.250 e. The van der Waals surface area contributed by atoms with Crippen LogP contribution in [0.15, 0.2) is 12.1 Å². The van der Waals surface area contributed by atoms with E-state index in [9.17, 15) is 4.79 Å². The minimum atomic E-state index is -0.503. The first kappa shape index (κ1) is 15.9. The zero-order valence-corrected chi connectivity index (χ0v) is 13.4. The van der Waals surface area contributed by atoms with Gasteiger partial charge in [0.05, 0.1) is 16.3 Å². The van der Waals surface area contributed by atoms with Crippen LogP contribution in [0.1, 0.15) is 30.1 Å². The maximum atomic E-state index is 11.7. The Morgan fingerprint density at radius 3 is 2.57 bits per heavy atom. The van der Waals surface area contributed by atoms with E-state index in [4.69, 9.17) is 23.1 Å². The number of nitrogens with two attached hydrogens (primary N) is 2. The summed E-state index contributed by atoms with van der Waals surface area (Å²) < 4.78 is 0. The number of benzene rings is 1. The standard InChI is InChI=1S/C15H23ClN4O/c1-3-20-6-4-11(5-7-20)19(2)14-12(15(18)21)8-10(17)9-13(14)16/h8-9,11H,3-7,17H2,1-2H3,(H2,18,21). The van der Waals surface area contributed by atoms with E-state index in [1.165, 1.54) is 0 Å². The second-order valence-electron chi connectivity index (χ2n) is 5.54. The molecule has 1 aliphatic heterocycles. The molecule has 0 saturated carbocycles. The average molecular weight is 311 g/mol. The van der Waals surface area contributed by atoms with E-state index in [-0.39, 0.29) is 0 Å². The summed E-state index contributed by atoms with van der Waals surface area (Å²) in [7, 11) is 1.97. The molecule has 0 atom stereocenters. The number of hydrogen-bond acceptors (Lipinski definition) is 4. The molecule has 1 fully saturated rings. The maximum Gasteiger partial charge on any atom is 0.250 e. The summed E-state index contributed by atoms with van der Waals surface area (Å²) in [6.45, 7) is 5.37. The van der Waals surface area contributed by atoms with Gasteiger partial charge in [-0.15, -0.1) is 0 Å². The van der Waals surface area contributed by atoms with Crippen LogP contribution in [0.4, 0.5) is 11.4 Å². The van der Waals surface area contributed by atoms with E-state index in [0.29, 0.717) is 28.0 Å². The number of likely N-dealkylation sites (tertiary alicyclic amines) is 1. The molecule has 1 aromatic carbocycles. The summed E-state index contributed by atoms with van der Waals surface area (Å²) in [4.78, 5) is 16.2. The van der Waals surface area contributed by atoms with Gasteiger partial charge in [0.15, 0.2) is 0 Å². The SMILES string of the molecule is CCN1CCC(N(C)c2c(Cl)cc(N)cc2C(N)=O)CC1. The lowest BCUT2D eigenvalue weighted by Crippen LogP contribution is -2.44. The van der Waals surface area contributed by atoms with E-state index >= 15 is 0 Å². The second-order valence-corrected chi connectivity index (χ2v) is 5.95. The normalized spacial score (nSPS) is 16.9. The van der Waals surface area contributed by atoms with Gasteiger partial charge < -0.3 is 21.3 Å². The van der Waals surface area contributed by atoms with Gasteiger partial charge in [0.25, 0.3) is 5.91 Å². The molecule has 4 N–H and O–H groups in total. The topological polar surface area (TPSA) is 75.6 Å². The quantitative estimate of drug-likeness (QED) is 0.833. The van der Waals surface area contributed by atoms with Crippen LogP contribution in [0.2, 0.25) is 5.02 Å². The summed E-state index contributed by atoms with van der Waals surface area (Å²) in [5, 5.41) is 0.476. The van der Waals surface area contributed by atoms with Gasteiger partial charge in [0, 0.05) is 31.9 Å². The molecule has 1 amide bonds. The van der Waals surface area contributed by atoms with E-state index in [0.717, 1.165) is 32.5 Å². The van der Waals surface area contributed by atoms with Gasteiger partial charge >= 0.3 is 0 Å². The Labute approximate surface area is 130 Å². The molecule has 6 heteroatoms. The van der Waals surface area contributed by atoms with Crippen molar-refractivity contribution in [2.45, 2.75) is 25.8 Å². The molecule has 1 aromatic rings. The summed E-state index contributed by atoms with van der Waals surface area (Å²) in [6, 6.07) is 3.62. The van der Waals surface area contributed by atoms with Gasteiger partial charge in [0.1, 0.15) is 0 Å². The van der Waals surface area contributed by atoms with Gasteiger partial charge in [-0.2, -0.15) is 0 Å². The number of hydrogen-bond donors (Lipinski definition) is 2. The van der Waals surface area contributed by atoms with E-state index < -0.39 is 5.91 Å². The maximum absolute atomic E-state index is 11.7. The van der Waals surface area contributed by atoms with Crippen molar-refractivity contribution in [1.29, 1.82) is 0 Å². The minimum absolute atomic E-state index is 0.354. The van der Waals surface area contributed by atoms with Crippen LogP contribution in [-0.4, -0.2) is 43.5 Å². The third kappa shape index (κ3) is 3.41. The Morgan fingerprint density at radius 2 is 2.05 bits per heavy atom. The first-order valence-corrected chi connectivity index (χ1v) is 7.65. The number of carbonyl (C=O) groups is 1. The molecule has 0 spiro atoms. The van der Waals surface area contributed by atoms with Crippen molar-refractivity contribution in [3.8, 4) is 0 Å². The summed E-state index contributed by atoms with van der Waals surface area (Å²) in [6.07, 6.45) is 2.09. The van der Waals surface area contributed by atoms with Gasteiger partial charge in [-0.05, 0) is 31.5 Å². The molecule has 1 heterocycles. The highest BCUT2D eigenvalue weighted by atomic mass is 35.5. The molecular formula is C15H23ClN4O. The Bertz CT molecular complexity index is 527. The van der Waals surface area contributed by atoms with E-state index in [2.05, 4.69) is 16.7 Å². The number of amides is 1. The van der Waals surface area contributed by atoms with Crippen LogP contribution < -0.4 is 16.4 Å². The first-order valence-electron chi connectivity index (χ1n) is 7.28. The fourth-order valence-electron chi connectivity index (χ4n) is 2.97. The molecule has 2 rings (SSSR count).